The lowest BCUT2D eigenvalue weighted by Gasteiger charge is -2.14. The van der Waals surface area contributed by atoms with E-state index in [0.717, 1.165) is 11.1 Å². The number of nitrogens with zero attached hydrogens (tertiary/aromatic N) is 1. The maximum atomic E-state index is 12.6. The molecule has 1 aliphatic rings. The Labute approximate surface area is 148 Å². The molecule has 1 fully saturated rings. The van der Waals surface area contributed by atoms with Crippen molar-refractivity contribution in [1.29, 1.82) is 0 Å². The van der Waals surface area contributed by atoms with Gasteiger partial charge in [0.15, 0.2) is 4.32 Å². The molecule has 23 heavy (non-hydrogen) atoms. The zero-order valence-corrected chi connectivity index (χ0v) is 14.5. The van der Waals surface area contributed by atoms with Crippen LogP contribution in [0.15, 0.2) is 47.4 Å². The van der Waals surface area contributed by atoms with Gasteiger partial charge in [0.25, 0.3) is 5.91 Å². The van der Waals surface area contributed by atoms with E-state index < -0.39 is 0 Å². The predicted molar refractivity (Wildman–Crippen MR) is 99.9 cm³/mol. The predicted octanol–water partition coefficient (Wildman–Crippen LogP) is 4.76. The van der Waals surface area contributed by atoms with Crippen LogP contribution in [0.3, 0.4) is 0 Å². The van der Waals surface area contributed by atoms with Gasteiger partial charge in [-0.2, -0.15) is 0 Å². The number of halogens is 1. The van der Waals surface area contributed by atoms with Crippen molar-refractivity contribution < 1.29 is 9.90 Å². The first-order valence-corrected chi connectivity index (χ1v) is 8.39. The van der Waals surface area contributed by atoms with Crippen molar-refractivity contribution in [3.05, 3.63) is 63.5 Å². The largest absolute Gasteiger partial charge is 0.508 e. The second-order valence-corrected chi connectivity index (χ2v) is 7.16. The minimum absolute atomic E-state index is 0.173. The maximum absolute atomic E-state index is 12.6. The number of phenols is 1. The van der Waals surface area contributed by atoms with Crippen LogP contribution in [0.4, 0.5) is 5.69 Å². The Kier molecular flexibility index (Phi) is 4.43. The fraction of sp³-hybridized carbons (Fsp3) is 0.0588. The zero-order valence-electron chi connectivity index (χ0n) is 12.1. The minimum atomic E-state index is -0.173. The lowest BCUT2D eigenvalue weighted by atomic mass is 10.1. The number of carbonyl (C=O) groups excluding carboxylic acids is 1. The average molecular weight is 362 g/mol. The van der Waals surface area contributed by atoms with Crippen LogP contribution in [0.2, 0.25) is 5.02 Å². The highest BCUT2D eigenvalue weighted by Crippen LogP contribution is 2.36. The van der Waals surface area contributed by atoms with Crippen molar-refractivity contribution in [1.82, 2.24) is 0 Å². The van der Waals surface area contributed by atoms with Crippen LogP contribution in [0.25, 0.3) is 6.08 Å². The molecule has 116 valence electrons. The Morgan fingerprint density at radius 3 is 2.74 bits per heavy atom. The van der Waals surface area contributed by atoms with Crippen LogP contribution in [-0.4, -0.2) is 15.3 Å². The van der Waals surface area contributed by atoms with Gasteiger partial charge in [-0.25, -0.2) is 0 Å². The summed E-state index contributed by atoms with van der Waals surface area (Å²) in [5, 5.41) is 10.1. The molecule has 1 N–H and O–H groups in total. The number of phenolic OH excluding ortho intramolecular Hbond substituents is 1. The van der Waals surface area contributed by atoms with Gasteiger partial charge in [0.1, 0.15) is 5.75 Å². The van der Waals surface area contributed by atoms with Crippen LogP contribution in [0, 0.1) is 6.92 Å². The van der Waals surface area contributed by atoms with Crippen molar-refractivity contribution in [2.75, 3.05) is 4.90 Å². The Morgan fingerprint density at radius 2 is 2.04 bits per heavy atom. The van der Waals surface area contributed by atoms with Crippen LogP contribution in [0.5, 0.6) is 5.75 Å². The van der Waals surface area contributed by atoms with Gasteiger partial charge in [-0.15, -0.1) is 0 Å². The van der Waals surface area contributed by atoms with E-state index in [2.05, 4.69) is 0 Å². The Hall–Kier alpha value is -1.82. The van der Waals surface area contributed by atoms with Gasteiger partial charge < -0.3 is 5.11 Å². The molecule has 0 unspecified atom stereocenters. The number of thiocarbonyl (C=S) groups is 1. The number of aryl methyl sites for hydroxylation is 1. The molecular formula is C17H12ClNO2S2. The molecule has 0 aromatic heterocycles. The van der Waals surface area contributed by atoms with Gasteiger partial charge in [0.2, 0.25) is 0 Å². The number of hydrogen-bond donors (Lipinski definition) is 1. The van der Waals surface area contributed by atoms with E-state index >= 15 is 0 Å². The fourth-order valence-corrected chi connectivity index (χ4v) is 3.71. The summed E-state index contributed by atoms with van der Waals surface area (Å²) < 4.78 is 0.471. The standard InChI is InChI=1S/C17H12ClNO2S2/c1-10-7-11(5-6-14(10)20)8-15-16(21)19(17(22)23-15)13-4-2-3-12(18)9-13/h2-9,20H,1H3/b15-8+. The third-order valence-corrected chi connectivity index (χ3v) is 4.92. The first kappa shape index (κ1) is 16.1. The number of aromatic hydroxyl groups is 1. The van der Waals surface area contributed by atoms with Gasteiger partial charge in [0.05, 0.1) is 10.6 Å². The highest BCUT2D eigenvalue weighted by atomic mass is 35.5. The highest BCUT2D eigenvalue weighted by Gasteiger charge is 2.33. The molecule has 0 spiro atoms. The molecule has 0 atom stereocenters. The molecule has 1 saturated heterocycles. The topological polar surface area (TPSA) is 40.5 Å². The molecule has 0 saturated carbocycles. The van der Waals surface area contributed by atoms with Crippen LogP contribution in [-0.2, 0) is 4.79 Å². The number of carbonyl (C=O) groups is 1. The van der Waals surface area contributed by atoms with E-state index in [-0.39, 0.29) is 11.7 Å². The highest BCUT2D eigenvalue weighted by molar-refractivity contribution is 8.27. The normalized spacial score (nSPS) is 16.4. The SMILES string of the molecule is Cc1cc(/C=C2/SC(=S)N(c3cccc(Cl)c3)C2=O)ccc1O. The maximum Gasteiger partial charge on any atom is 0.270 e. The molecule has 1 aliphatic heterocycles. The van der Waals surface area contributed by atoms with Gasteiger partial charge in [0, 0.05) is 5.02 Å². The minimum Gasteiger partial charge on any atom is -0.508 e. The zero-order chi connectivity index (χ0) is 16.6. The van der Waals surface area contributed by atoms with Crippen LogP contribution < -0.4 is 4.90 Å². The van der Waals surface area contributed by atoms with E-state index in [1.54, 1.807) is 42.5 Å². The lowest BCUT2D eigenvalue weighted by Crippen LogP contribution is -2.27. The smallest absolute Gasteiger partial charge is 0.270 e. The first-order chi connectivity index (χ1) is 11.0. The molecule has 1 heterocycles. The monoisotopic (exact) mass is 361 g/mol. The molecule has 3 rings (SSSR count). The fourth-order valence-electron chi connectivity index (χ4n) is 2.23. The third-order valence-electron chi connectivity index (χ3n) is 3.38. The summed E-state index contributed by atoms with van der Waals surface area (Å²) in [4.78, 5) is 14.7. The number of rotatable bonds is 2. The lowest BCUT2D eigenvalue weighted by molar-refractivity contribution is -0.113. The number of amides is 1. The number of hydrogen-bond acceptors (Lipinski definition) is 4. The summed E-state index contributed by atoms with van der Waals surface area (Å²) in [7, 11) is 0. The van der Waals surface area contributed by atoms with E-state index in [9.17, 15) is 9.90 Å². The Morgan fingerprint density at radius 1 is 1.26 bits per heavy atom. The van der Waals surface area contributed by atoms with Gasteiger partial charge >= 0.3 is 0 Å². The van der Waals surface area contributed by atoms with Gasteiger partial charge in [-0.3, -0.25) is 9.69 Å². The number of benzene rings is 2. The van der Waals surface area contributed by atoms with Crippen molar-refractivity contribution in [2.45, 2.75) is 6.92 Å². The molecule has 2 aromatic rings. The van der Waals surface area contributed by atoms with Crippen LogP contribution >= 0.6 is 35.6 Å². The van der Waals surface area contributed by atoms with Gasteiger partial charge in [-0.05, 0) is 54.5 Å². The van der Waals surface area contributed by atoms with Crippen LogP contribution in [0.1, 0.15) is 11.1 Å². The molecule has 1 amide bonds. The molecule has 3 nitrogen and oxygen atoms in total. The third kappa shape index (κ3) is 3.27. The van der Waals surface area contributed by atoms with Crippen molar-refractivity contribution in [2.24, 2.45) is 0 Å². The quantitative estimate of drug-likeness (QED) is 0.618. The molecule has 0 aliphatic carbocycles. The van der Waals surface area contributed by atoms with Crippen molar-refractivity contribution in [3.8, 4) is 5.75 Å². The molecular weight excluding hydrogens is 350 g/mol. The summed E-state index contributed by atoms with van der Waals surface area (Å²) in [6.07, 6.45) is 1.77. The van der Waals surface area contributed by atoms with Gasteiger partial charge in [-0.1, -0.05) is 47.7 Å². The van der Waals surface area contributed by atoms with E-state index in [4.69, 9.17) is 23.8 Å². The molecule has 0 radical (unpaired) electrons. The number of thioether (sulfide) groups is 1. The van der Waals surface area contributed by atoms with E-state index in [1.165, 1.54) is 16.7 Å². The summed E-state index contributed by atoms with van der Waals surface area (Å²) >= 11 is 12.6. The Balaban J connectivity index is 1.94. The molecule has 6 heteroatoms. The van der Waals surface area contributed by atoms with Crippen molar-refractivity contribution >= 4 is 57.6 Å². The first-order valence-electron chi connectivity index (χ1n) is 6.79. The summed E-state index contributed by atoms with van der Waals surface area (Å²) in [5.41, 5.74) is 2.25. The summed E-state index contributed by atoms with van der Waals surface area (Å²) in [6, 6.07) is 12.2. The Bertz CT molecular complexity index is 848. The molecule has 0 bridgehead atoms. The van der Waals surface area contributed by atoms with E-state index in [1.807, 2.05) is 13.0 Å². The average Bonchev–Trinajstić information content (AvgIpc) is 2.77. The summed E-state index contributed by atoms with van der Waals surface area (Å²) in [6.45, 7) is 1.81. The second-order valence-electron chi connectivity index (χ2n) is 5.04. The van der Waals surface area contributed by atoms with Crippen molar-refractivity contribution in [3.63, 3.8) is 0 Å². The summed E-state index contributed by atoms with van der Waals surface area (Å²) in [5.74, 6) is 0.0571. The second kappa shape index (κ2) is 6.35. The van der Waals surface area contributed by atoms with E-state index in [0.29, 0.717) is 19.9 Å². The molecule has 2 aromatic carbocycles. The number of anilines is 1.